The van der Waals surface area contributed by atoms with E-state index in [9.17, 15) is 15.0 Å². The summed E-state index contributed by atoms with van der Waals surface area (Å²) in [6, 6.07) is 1.56. The van der Waals surface area contributed by atoms with Gasteiger partial charge >= 0.3 is 5.69 Å². The highest BCUT2D eigenvalue weighted by molar-refractivity contribution is 7.99. The third kappa shape index (κ3) is 2.31. The van der Waals surface area contributed by atoms with E-state index in [1.54, 1.807) is 24.0 Å². The predicted molar refractivity (Wildman–Crippen MR) is 65.6 cm³/mol. The summed E-state index contributed by atoms with van der Waals surface area (Å²) in [6.45, 7) is -0.0361. The van der Waals surface area contributed by atoms with Gasteiger partial charge in [-0.25, -0.2) is 4.79 Å². The molecule has 1 fully saturated rings. The molecule has 2 rings (SSSR count). The molecular formula is C10H15N3O3S. The Kier molecular flexibility index (Phi) is 3.70. The first-order chi connectivity index (χ1) is 8.17. The molecule has 2 heterocycles. The molecule has 0 bridgehead atoms. The molecule has 1 aliphatic rings. The Bertz CT molecular complexity index is 451. The Morgan fingerprint density at radius 1 is 1.53 bits per heavy atom. The van der Waals surface area contributed by atoms with Gasteiger partial charge in [-0.3, -0.25) is 4.57 Å². The second-order valence-corrected chi connectivity index (χ2v) is 5.20. The average molecular weight is 257 g/mol. The number of thioether (sulfide) groups is 1. The number of hydrogen-bond donors (Lipinski definition) is 3. The van der Waals surface area contributed by atoms with Gasteiger partial charge in [-0.15, -0.1) is 11.8 Å². The van der Waals surface area contributed by atoms with Gasteiger partial charge in [0.15, 0.2) is 0 Å². The van der Waals surface area contributed by atoms with Crippen molar-refractivity contribution < 1.29 is 10.2 Å². The molecule has 1 saturated heterocycles. The zero-order valence-electron chi connectivity index (χ0n) is 9.19. The Morgan fingerprint density at radius 2 is 2.29 bits per heavy atom. The quantitative estimate of drug-likeness (QED) is 0.661. The predicted octanol–water partition coefficient (Wildman–Crippen LogP) is -0.712. The monoisotopic (exact) mass is 257 g/mol. The van der Waals surface area contributed by atoms with Crippen LogP contribution in [-0.4, -0.2) is 38.7 Å². The molecule has 0 aromatic carbocycles. The average Bonchev–Trinajstić information content (AvgIpc) is 2.71. The Hall–Kier alpha value is -1.05. The molecule has 0 radical (unpaired) electrons. The second kappa shape index (κ2) is 5.07. The van der Waals surface area contributed by atoms with Gasteiger partial charge in [0.2, 0.25) is 0 Å². The lowest BCUT2D eigenvalue weighted by atomic mass is 9.95. The van der Waals surface area contributed by atoms with Crippen LogP contribution in [0, 0.1) is 11.8 Å². The van der Waals surface area contributed by atoms with E-state index in [1.165, 1.54) is 4.57 Å². The largest absolute Gasteiger partial charge is 0.396 e. The maximum atomic E-state index is 11.7. The Morgan fingerprint density at radius 3 is 2.88 bits per heavy atom. The van der Waals surface area contributed by atoms with Crippen molar-refractivity contribution in [3.8, 4) is 0 Å². The van der Waals surface area contributed by atoms with E-state index in [2.05, 4.69) is 4.98 Å². The summed E-state index contributed by atoms with van der Waals surface area (Å²) >= 11 is 1.54. The zero-order valence-corrected chi connectivity index (χ0v) is 10.0. The van der Waals surface area contributed by atoms with E-state index < -0.39 is 5.69 Å². The number of nitrogens with two attached hydrogens (primary N) is 1. The van der Waals surface area contributed by atoms with Crippen LogP contribution in [0.2, 0.25) is 0 Å². The minimum Gasteiger partial charge on any atom is -0.396 e. The summed E-state index contributed by atoms with van der Waals surface area (Å²) in [5.41, 5.74) is 5.01. The lowest BCUT2D eigenvalue weighted by Gasteiger charge is -2.21. The minimum atomic E-state index is -0.417. The third-order valence-electron chi connectivity index (χ3n) is 3.02. The summed E-state index contributed by atoms with van der Waals surface area (Å²) in [4.78, 5) is 15.4. The van der Waals surface area contributed by atoms with E-state index >= 15 is 0 Å². The first-order valence-corrected chi connectivity index (χ1v) is 6.40. The second-order valence-electron chi connectivity index (χ2n) is 4.06. The summed E-state index contributed by atoms with van der Waals surface area (Å²) in [7, 11) is 0. The van der Waals surface area contributed by atoms with Crippen molar-refractivity contribution in [2.45, 2.75) is 5.37 Å². The zero-order chi connectivity index (χ0) is 12.4. The fourth-order valence-corrected chi connectivity index (χ4v) is 3.71. The number of aliphatic hydroxyl groups is 2. The highest BCUT2D eigenvalue weighted by Crippen LogP contribution is 2.43. The molecular weight excluding hydrogens is 242 g/mol. The first kappa shape index (κ1) is 12.4. The molecule has 3 atom stereocenters. The van der Waals surface area contributed by atoms with E-state index in [1.807, 2.05) is 0 Å². The van der Waals surface area contributed by atoms with Gasteiger partial charge in [0, 0.05) is 31.1 Å². The molecule has 0 spiro atoms. The van der Waals surface area contributed by atoms with Gasteiger partial charge in [-0.2, -0.15) is 4.98 Å². The van der Waals surface area contributed by atoms with Crippen LogP contribution in [0.4, 0.5) is 5.82 Å². The molecule has 1 aliphatic heterocycles. The van der Waals surface area contributed by atoms with Crippen molar-refractivity contribution in [1.29, 1.82) is 0 Å². The molecule has 17 heavy (non-hydrogen) atoms. The lowest BCUT2D eigenvalue weighted by molar-refractivity contribution is 0.126. The van der Waals surface area contributed by atoms with Gasteiger partial charge in [0.05, 0.1) is 5.37 Å². The van der Waals surface area contributed by atoms with E-state index in [4.69, 9.17) is 5.73 Å². The van der Waals surface area contributed by atoms with Crippen molar-refractivity contribution in [2.24, 2.45) is 11.8 Å². The maximum Gasteiger partial charge on any atom is 0.350 e. The van der Waals surface area contributed by atoms with Gasteiger partial charge in [-0.05, 0) is 12.0 Å². The van der Waals surface area contributed by atoms with Gasteiger partial charge in [0.25, 0.3) is 0 Å². The lowest BCUT2D eigenvalue weighted by Crippen LogP contribution is -2.31. The number of aliphatic hydroxyl groups excluding tert-OH is 2. The van der Waals surface area contributed by atoms with Crippen LogP contribution >= 0.6 is 11.8 Å². The molecule has 0 saturated carbocycles. The van der Waals surface area contributed by atoms with Crippen LogP contribution in [0.25, 0.3) is 0 Å². The van der Waals surface area contributed by atoms with Crippen LogP contribution < -0.4 is 11.4 Å². The third-order valence-corrected chi connectivity index (χ3v) is 4.56. The number of nitrogen functional groups attached to an aromatic ring is 1. The first-order valence-electron chi connectivity index (χ1n) is 5.35. The smallest absolute Gasteiger partial charge is 0.350 e. The van der Waals surface area contributed by atoms with Gasteiger partial charge in [0.1, 0.15) is 5.82 Å². The molecule has 0 amide bonds. The fourth-order valence-electron chi connectivity index (χ4n) is 2.04. The van der Waals surface area contributed by atoms with Crippen molar-refractivity contribution in [1.82, 2.24) is 9.55 Å². The van der Waals surface area contributed by atoms with Gasteiger partial charge in [-0.1, -0.05) is 0 Å². The van der Waals surface area contributed by atoms with Gasteiger partial charge < -0.3 is 15.9 Å². The SMILES string of the molecule is Nc1ccn([C@H]2SC[C@@H](CO)[C@@H]2CO)c(=O)n1. The molecule has 7 heteroatoms. The van der Waals surface area contributed by atoms with Crippen molar-refractivity contribution in [2.75, 3.05) is 24.7 Å². The fraction of sp³-hybridized carbons (Fsp3) is 0.600. The van der Waals surface area contributed by atoms with Crippen LogP contribution in [-0.2, 0) is 0 Å². The highest BCUT2D eigenvalue weighted by atomic mass is 32.2. The molecule has 6 nitrogen and oxygen atoms in total. The van der Waals surface area contributed by atoms with Crippen LogP contribution in [0.15, 0.2) is 17.1 Å². The highest BCUT2D eigenvalue weighted by Gasteiger charge is 2.37. The Labute approximate surface area is 102 Å². The topological polar surface area (TPSA) is 101 Å². The molecule has 4 N–H and O–H groups in total. The van der Waals surface area contributed by atoms with Crippen molar-refractivity contribution in [3.05, 3.63) is 22.7 Å². The summed E-state index contributed by atoms with van der Waals surface area (Å²) in [5, 5.41) is 18.4. The van der Waals surface area contributed by atoms with Crippen LogP contribution in [0.3, 0.4) is 0 Å². The summed E-state index contributed by atoms with van der Waals surface area (Å²) in [6.07, 6.45) is 1.59. The van der Waals surface area contributed by atoms with Crippen LogP contribution in [0.5, 0.6) is 0 Å². The normalized spacial score (nSPS) is 28.5. The summed E-state index contributed by atoms with van der Waals surface area (Å²) < 4.78 is 1.47. The molecule has 1 aromatic rings. The van der Waals surface area contributed by atoms with Crippen molar-refractivity contribution >= 4 is 17.6 Å². The Balaban J connectivity index is 2.31. The molecule has 94 valence electrons. The van der Waals surface area contributed by atoms with E-state index in [0.29, 0.717) is 0 Å². The maximum absolute atomic E-state index is 11.7. The van der Waals surface area contributed by atoms with Crippen LogP contribution in [0.1, 0.15) is 5.37 Å². The molecule has 0 aliphatic carbocycles. The molecule has 1 aromatic heterocycles. The molecule has 0 unspecified atom stereocenters. The number of nitrogens with zero attached hydrogens (tertiary/aromatic N) is 2. The number of hydrogen-bond acceptors (Lipinski definition) is 6. The minimum absolute atomic E-state index is 0.0134. The number of aromatic nitrogens is 2. The number of anilines is 1. The summed E-state index contributed by atoms with van der Waals surface area (Å²) in [5.74, 6) is 0.796. The standard InChI is InChI=1S/C10H15N3O3S/c11-8-1-2-13(10(16)12-8)9-7(4-15)6(3-14)5-17-9/h1-2,6-7,9,14-15H,3-5H2,(H2,11,12,16)/t6-,7+,9+/m1/s1. The number of rotatable bonds is 3. The van der Waals surface area contributed by atoms with Crippen molar-refractivity contribution in [3.63, 3.8) is 0 Å². The van der Waals surface area contributed by atoms with E-state index in [-0.39, 0.29) is 36.2 Å². The van der Waals surface area contributed by atoms with E-state index in [0.717, 1.165) is 5.75 Å².